The lowest BCUT2D eigenvalue weighted by atomic mass is 10.0. The zero-order chi connectivity index (χ0) is 13.2. The van der Waals surface area contributed by atoms with Gasteiger partial charge in [-0.2, -0.15) is 0 Å². The van der Waals surface area contributed by atoms with Crippen molar-refractivity contribution in [3.8, 4) is 0 Å². The second-order valence-corrected chi connectivity index (χ2v) is 5.14. The minimum absolute atomic E-state index is 0.127. The van der Waals surface area contributed by atoms with E-state index in [0.717, 1.165) is 17.5 Å². The third kappa shape index (κ3) is 2.46. The highest BCUT2D eigenvalue weighted by molar-refractivity contribution is 7.16. The van der Waals surface area contributed by atoms with E-state index in [1.165, 1.54) is 10.3 Å². The van der Waals surface area contributed by atoms with E-state index in [2.05, 4.69) is 11.1 Å². The van der Waals surface area contributed by atoms with E-state index in [1.54, 1.807) is 35.6 Å². The summed E-state index contributed by atoms with van der Waals surface area (Å²) in [5.41, 5.74) is 5.22. The summed E-state index contributed by atoms with van der Waals surface area (Å²) >= 11 is 1.62. The summed E-state index contributed by atoms with van der Waals surface area (Å²) in [6.45, 7) is 0. The van der Waals surface area contributed by atoms with Crippen LogP contribution in [0, 0.1) is 10.1 Å². The predicted octanol–water partition coefficient (Wildman–Crippen LogP) is 3.80. The first kappa shape index (κ1) is 11.8. The summed E-state index contributed by atoms with van der Waals surface area (Å²) in [4.78, 5) is 14.4. The standard InChI is InChI=1S/C14H10N2O2S/c17-16(18)12-4-1-10(2-5-12)7-11-3-6-13-14(8-11)19-9-15-13/h1-6,8-9H,7H2. The number of fused-ring (bicyclic) bond motifs is 1. The van der Waals surface area contributed by atoms with Crippen molar-refractivity contribution in [2.75, 3.05) is 0 Å². The van der Waals surface area contributed by atoms with Crippen molar-refractivity contribution in [1.82, 2.24) is 4.98 Å². The van der Waals surface area contributed by atoms with Crippen LogP contribution < -0.4 is 0 Å². The van der Waals surface area contributed by atoms with Gasteiger partial charge in [0.05, 0.1) is 20.7 Å². The second-order valence-electron chi connectivity index (χ2n) is 4.25. The van der Waals surface area contributed by atoms with E-state index in [1.807, 2.05) is 17.6 Å². The summed E-state index contributed by atoms with van der Waals surface area (Å²) in [7, 11) is 0. The van der Waals surface area contributed by atoms with Gasteiger partial charge in [-0.15, -0.1) is 11.3 Å². The van der Waals surface area contributed by atoms with Crippen molar-refractivity contribution >= 4 is 27.2 Å². The van der Waals surface area contributed by atoms with Gasteiger partial charge in [0, 0.05) is 12.1 Å². The molecule has 94 valence electrons. The lowest BCUT2D eigenvalue weighted by Gasteiger charge is -2.02. The molecule has 0 amide bonds. The molecule has 2 aromatic carbocycles. The molecule has 0 fully saturated rings. The Hall–Kier alpha value is -2.27. The van der Waals surface area contributed by atoms with E-state index in [4.69, 9.17) is 0 Å². The van der Waals surface area contributed by atoms with E-state index >= 15 is 0 Å². The van der Waals surface area contributed by atoms with Crippen molar-refractivity contribution in [3.05, 3.63) is 69.2 Å². The van der Waals surface area contributed by atoms with E-state index in [9.17, 15) is 10.1 Å². The Morgan fingerprint density at radius 2 is 1.84 bits per heavy atom. The number of benzene rings is 2. The lowest BCUT2D eigenvalue weighted by molar-refractivity contribution is -0.384. The molecule has 0 atom stereocenters. The minimum atomic E-state index is -0.382. The molecular formula is C14H10N2O2S. The largest absolute Gasteiger partial charge is 0.269 e. The fraction of sp³-hybridized carbons (Fsp3) is 0.0714. The molecular weight excluding hydrogens is 260 g/mol. The summed E-state index contributed by atoms with van der Waals surface area (Å²) < 4.78 is 1.17. The minimum Gasteiger partial charge on any atom is -0.258 e. The monoisotopic (exact) mass is 270 g/mol. The van der Waals surface area contributed by atoms with E-state index < -0.39 is 0 Å². The SMILES string of the molecule is O=[N+]([O-])c1ccc(Cc2ccc3ncsc3c2)cc1. The molecule has 5 heteroatoms. The number of thiazole rings is 1. The van der Waals surface area contributed by atoms with Crippen molar-refractivity contribution < 1.29 is 4.92 Å². The Balaban J connectivity index is 1.85. The van der Waals surface area contributed by atoms with E-state index in [-0.39, 0.29) is 10.6 Å². The average molecular weight is 270 g/mol. The zero-order valence-corrected chi connectivity index (χ0v) is 10.8. The fourth-order valence-corrected chi connectivity index (χ4v) is 2.72. The first-order valence-corrected chi connectivity index (χ1v) is 6.66. The Morgan fingerprint density at radius 3 is 2.58 bits per heavy atom. The first-order chi connectivity index (χ1) is 9.22. The van der Waals surface area contributed by atoms with Crippen molar-refractivity contribution in [2.45, 2.75) is 6.42 Å². The van der Waals surface area contributed by atoms with Gasteiger partial charge in [0.2, 0.25) is 0 Å². The summed E-state index contributed by atoms with van der Waals surface area (Å²) in [5, 5.41) is 10.6. The molecule has 0 bridgehead atoms. The molecule has 0 radical (unpaired) electrons. The molecule has 4 nitrogen and oxygen atoms in total. The smallest absolute Gasteiger partial charge is 0.258 e. The molecule has 1 aromatic heterocycles. The maximum absolute atomic E-state index is 10.6. The zero-order valence-electron chi connectivity index (χ0n) is 9.95. The third-order valence-electron chi connectivity index (χ3n) is 2.95. The van der Waals surface area contributed by atoms with Gasteiger partial charge in [-0.05, 0) is 29.7 Å². The molecule has 0 aliphatic carbocycles. The van der Waals surface area contributed by atoms with Gasteiger partial charge in [-0.3, -0.25) is 10.1 Å². The summed E-state index contributed by atoms with van der Waals surface area (Å²) in [6, 6.07) is 12.9. The molecule has 19 heavy (non-hydrogen) atoms. The molecule has 0 spiro atoms. The highest BCUT2D eigenvalue weighted by Crippen LogP contribution is 2.21. The highest BCUT2D eigenvalue weighted by atomic mass is 32.1. The van der Waals surface area contributed by atoms with Gasteiger partial charge >= 0.3 is 0 Å². The Kier molecular flexibility index (Phi) is 2.97. The number of nitro benzene ring substituents is 1. The quantitative estimate of drug-likeness (QED) is 0.537. The van der Waals surface area contributed by atoms with Crippen LogP contribution in [0.2, 0.25) is 0 Å². The third-order valence-corrected chi connectivity index (χ3v) is 3.74. The molecule has 0 aliphatic heterocycles. The molecule has 0 unspecified atom stereocenters. The fourth-order valence-electron chi connectivity index (χ4n) is 1.98. The lowest BCUT2D eigenvalue weighted by Crippen LogP contribution is -1.90. The summed E-state index contributed by atoms with van der Waals surface area (Å²) in [5.74, 6) is 0. The number of nitro groups is 1. The highest BCUT2D eigenvalue weighted by Gasteiger charge is 2.05. The van der Waals surface area contributed by atoms with Gasteiger partial charge in [0.25, 0.3) is 5.69 Å². The normalized spacial score (nSPS) is 10.7. The van der Waals surface area contributed by atoms with Gasteiger partial charge < -0.3 is 0 Å². The van der Waals surface area contributed by atoms with Gasteiger partial charge in [-0.1, -0.05) is 18.2 Å². The van der Waals surface area contributed by atoms with Crippen molar-refractivity contribution in [3.63, 3.8) is 0 Å². The van der Waals surface area contributed by atoms with Crippen LogP contribution in [0.5, 0.6) is 0 Å². The maximum Gasteiger partial charge on any atom is 0.269 e. The summed E-state index contributed by atoms with van der Waals surface area (Å²) in [6.07, 6.45) is 0.770. The molecule has 1 heterocycles. The van der Waals surface area contributed by atoms with Gasteiger partial charge in [0.1, 0.15) is 0 Å². The Bertz CT molecular complexity index is 735. The van der Waals surface area contributed by atoms with Crippen LogP contribution in [0.3, 0.4) is 0 Å². The molecule has 3 rings (SSSR count). The van der Waals surface area contributed by atoms with Crippen molar-refractivity contribution in [1.29, 1.82) is 0 Å². The second kappa shape index (κ2) is 4.78. The number of aromatic nitrogens is 1. The van der Waals surface area contributed by atoms with Gasteiger partial charge in [0.15, 0.2) is 0 Å². The molecule has 0 aliphatic rings. The predicted molar refractivity (Wildman–Crippen MR) is 75.5 cm³/mol. The number of non-ortho nitro benzene ring substituents is 1. The first-order valence-electron chi connectivity index (χ1n) is 5.78. The van der Waals surface area contributed by atoms with Crippen LogP contribution >= 0.6 is 11.3 Å². The van der Waals surface area contributed by atoms with Gasteiger partial charge in [-0.25, -0.2) is 4.98 Å². The number of hydrogen-bond donors (Lipinski definition) is 0. The maximum atomic E-state index is 10.6. The Morgan fingerprint density at radius 1 is 1.11 bits per heavy atom. The molecule has 3 aromatic rings. The number of nitrogens with zero attached hydrogens (tertiary/aromatic N) is 2. The van der Waals surface area contributed by atoms with Crippen LogP contribution in [0.4, 0.5) is 5.69 Å². The van der Waals surface area contributed by atoms with Crippen LogP contribution in [0.1, 0.15) is 11.1 Å². The van der Waals surface area contributed by atoms with Crippen LogP contribution in [0.25, 0.3) is 10.2 Å². The van der Waals surface area contributed by atoms with Crippen LogP contribution in [-0.2, 0) is 6.42 Å². The molecule has 0 saturated heterocycles. The van der Waals surface area contributed by atoms with E-state index in [0.29, 0.717) is 0 Å². The van der Waals surface area contributed by atoms with Crippen molar-refractivity contribution in [2.24, 2.45) is 0 Å². The average Bonchev–Trinajstić information content (AvgIpc) is 2.87. The number of hydrogen-bond acceptors (Lipinski definition) is 4. The van der Waals surface area contributed by atoms with Crippen LogP contribution in [0.15, 0.2) is 48.0 Å². The number of rotatable bonds is 3. The molecule has 0 N–H and O–H groups in total. The Labute approximate surface area is 113 Å². The molecule has 0 saturated carbocycles. The van der Waals surface area contributed by atoms with Crippen LogP contribution in [-0.4, -0.2) is 9.91 Å². The topological polar surface area (TPSA) is 56.0 Å².